The van der Waals surface area contributed by atoms with E-state index >= 15 is 0 Å². The Kier molecular flexibility index (Phi) is 8.11. The summed E-state index contributed by atoms with van der Waals surface area (Å²) in [5, 5.41) is 0. The summed E-state index contributed by atoms with van der Waals surface area (Å²) in [5.74, 6) is 0. The second-order valence-electron chi connectivity index (χ2n) is 9.50. The standard InChI is InChI=1S/C22H17F12N3O4S2/c23-19(24,25)15-3-1-11-5-7-36(9-13(11)17(15)21(29,30)31)42(38,39)35-43(40,41)37-8-6-12-2-4-16(20(26,27)28)18(14(12)10-37)22(32,33)34/h1-4,35H,5-10H2. The highest BCUT2D eigenvalue weighted by Crippen LogP contribution is 2.46. The lowest BCUT2D eigenvalue weighted by Crippen LogP contribution is -2.51. The zero-order valence-corrected chi connectivity index (χ0v) is 22.6. The SMILES string of the molecule is O=S(=O)(NS(=O)(=O)N1CCc2ccc(C(F)(F)F)c(C(F)(F)F)c2C1)N1CCc2ccc(C(F)(F)F)c(C(F)(F)F)c2C1. The monoisotopic (exact) mass is 679 g/mol. The molecule has 2 aliphatic heterocycles. The number of hydrogen-bond donors (Lipinski definition) is 1. The van der Waals surface area contributed by atoms with Gasteiger partial charge < -0.3 is 0 Å². The van der Waals surface area contributed by atoms with Crippen molar-refractivity contribution in [2.45, 2.75) is 50.6 Å². The highest BCUT2D eigenvalue weighted by molar-refractivity contribution is 8.02. The van der Waals surface area contributed by atoms with Gasteiger partial charge in [0.05, 0.1) is 22.3 Å². The summed E-state index contributed by atoms with van der Waals surface area (Å²) in [6.45, 7) is -4.10. The lowest BCUT2D eigenvalue weighted by Gasteiger charge is -2.33. The average Bonchev–Trinajstić information content (AvgIpc) is 2.83. The fourth-order valence-electron chi connectivity index (χ4n) is 4.98. The van der Waals surface area contributed by atoms with Crippen molar-refractivity contribution in [2.24, 2.45) is 0 Å². The maximum Gasteiger partial charge on any atom is 0.417 e. The van der Waals surface area contributed by atoms with Crippen LogP contribution in [0.4, 0.5) is 52.7 Å². The van der Waals surface area contributed by atoms with E-state index in [1.54, 1.807) is 0 Å². The topological polar surface area (TPSA) is 86.8 Å². The van der Waals surface area contributed by atoms with E-state index in [0.29, 0.717) is 0 Å². The van der Waals surface area contributed by atoms with Gasteiger partial charge in [-0.15, -0.1) is 0 Å². The highest BCUT2D eigenvalue weighted by Gasteiger charge is 2.49. The van der Waals surface area contributed by atoms with Crippen molar-refractivity contribution in [2.75, 3.05) is 13.1 Å². The summed E-state index contributed by atoms with van der Waals surface area (Å²) in [6, 6.07) is 1.81. The number of halogens is 12. The van der Waals surface area contributed by atoms with Crippen LogP contribution in [0.5, 0.6) is 0 Å². The second kappa shape index (κ2) is 10.5. The Morgan fingerprint density at radius 3 is 1.14 bits per heavy atom. The first kappa shape index (κ1) is 33.3. The molecule has 0 amide bonds. The molecule has 0 aliphatic carbocycles. The summed E-state index contributed by atoms with van der Waals surface area (Å²) in [5.41, 5.74) is -11.3. The van der Waals surface area contributed by atoms with Crippen molar-refractivity contribution >= 4 is 20.4 Å². The molecule has 7 nitrogen and oxygen atoms in total. The van der Waals surface area contributed by atoms with Crippen LogP contribution in [0.15, 0.2) is 24.3 Å². The third-order valence-electron chi connectivity index (χ3n) is 6.82. The van der Waals surface area contributed by atoms with Crippen LogP contribution in [0, 0.1) is 0 Å². The summed E-state index contributed by atoms with van der Waals surface area (Å²) < 4.78 is 215. The Morgan fingerprint density at radius 1 is 0.535 bits per heavy atom. The van der Waals surface area contributed by atoms with Crippen LogP contribution in [-0.2, 0) is 71.1 Å². The third kappa shape index (κ3) is 6.59. The number of rotatable bonds is 4. The van der Waals surface area contributed by atoms with Gasteiger partial charge in [0, 0.05) is 26.2 Å². The first-order valence-corrected chi connectivity index (χ1v) is 14.6. The summed E-state index contributed by atoms with van der Waals surface area (Å²) >= 11 is 0. The van der Waals surface area contributed by atoms with Crippen molar-refractivity contribution < 1.29 is 69.5 Å². The van der Waals surface area contributed by atoms with Crippen LogP contribution < -0.4 is 4.13 Å². The maximum atomic E-state index is 13.7. The molecule has 0 fully saturated rings. The summed E-state index contributed by atoms with van der Waals surface area (Å²) in [4.78, 5) is 0. The van der Waals surface area contributed by atoms with E-state index in [4.69, 9.17) is 0 Å². The Morgan fingerprint density at radius 2 is 0.860 bits per heavy atom. The molecular weight excluding hydrogens is 662 g/mol. The van der Waals surface area contributed by atoms with Crippen LogP contribution in [-0.4, -0.2) is 38.5 Å². The van der Waals surface area contributed by atoms with Crippen LogP contribution in [0.3, 0.4) is 0 Å². The van der Waals surface area contributed by atoms with Crippen LogP contribution in [0.2, 0.25) is 0 Å². The second-order valence-corrected chi connectivity index (χ2v) is 13.1. The molecule has 2 aromatic rings. The van der Waals surface area contributed by atoms with E-state index in [9.17, 15) is 69.5 Å². The first-order valence-electron chi connectivity index (χ1n) is 11.7. The number of benzene rings is 2. The predicted octanol–water partition coefficient (Wildman–Crippen LogP) is 5.26. The van der Waals surface area contributed by atoms with Crippen LogP contribution in [0.1, 0.15) is 44.5 Å². The van der Waals surface area contributed by atoms with E-state index < -0.39 is 118 Å². The minimum atomic E-state index is -5.60. The van der Waals surface area contributed by atoms with Crippen LogP contribution >= 0.6 is 0 Å². The van der Waals surface area contributed by atoms with Gasteiger partial charge in [0.15, 0.2) is 0 Å². The number of fused-ring (bicyclic) bond motifs is 2. The zero-order valence-electron chi connectivity index (χ0n) is 20.9. The van der Waals surface area contributed by atoms with Crippen molar-refractivity contribution in [1.82, 2.24) is 12.7 Å². The molecule has 0 bridgehead atoms. The summed E-state index contributed by atoms with van der Waals surface area (Å²) in [7, 11) is -10.8. The Labute approximate surface area is 235 Å². The van der Waals surface area contributed by atoms with Gasteiger partial charge in [0.1, 0.15) is 0 Å². The molecule has 0 aromatic heterocycles. The van der Waals surface area contributed by atoms with E-state index in [2.05, 4.69) is 0 Å². The fraction of sp³-hybridized carbons (Fsp3) is 0.455. The number of nitrogens with one attached hydrogen (secondary N) is 1. The molecule has 4 rings (SSSR count). The molecule has 21 heteroatoms. The molecule has 2 heterocycles. The van der Waals surface area contributed by atoms with E-state index in [-0.39, 0.29) is 31.9 Å². The van der Waals surface area contributed by atoms with Crippen molar-refractivity contribution in [1.29, 1.82) is 0 Å². The smallest absolute Gasteiger partial charge is 0.194 e. The summed E-state index contributed by atoms with van der Waals surface area (Å²) in [6.07, 6.45) is -23.3. The quantitative estimate of drug-likeness (QED) is 0.448. The first-order chi connectivity index (χ1) is 19.3. The molecule has 2 aliphatic rings. The van der Waals surface area contributed by atoms with Gasteiger partial charge in [-0.2, -0.15) is 78.1 Å². The molecule has 2 aromatic carbocycles. The lowest BCUT2D eigenvalue weighted by atomic mass is 9.91. The molecule has 0 atom stereocenters. The molecule has 43 heavy (non-hydrogen) atoms. The van der Waals surface area contributed by atoms with E-state index in [1.165, 1.54) is 0 Å². The Bertz CT molecular complexity index is 1530. The van der Waals surface area contributed by atoms with E-state index in [1.807, 2.05) is 0 Å². The lowest BCUT2D eigenvalue weighted by molar-refractivity contribution is -0.162. The van der Waals surface area contributed by atoms with Crippen molar-refractivity contribution in [3.05, 3.63) is 68.8 Å². The van der Waals surface area contributed by atoms with Crippen molar-refractivity contribution in [3.8, 4) is 0 Å². The number of nitrogens with zero attached hydrogens (tertiary/aromatic N) is 2. The largest absolute Gasteiger partial charge is 0.417 e. The van der Waals surface area contributed by atoms with Gasteiger partial charge in [-0.05, 0) is 47.2 Å². The Hall–Kier alpha value is -2.62. The molecule has 0 saturated heterocycles. The van der Waals surface area contributed by atoms with Gasteiger partial charge in [-0.25, -0.2) is 0 Å². The third-order valence-corrected chi connectivity index (χ3v) is 10.5. The highest BCUT2D eigenvalue weighted by atomic mass is 32.3. The van der Waals surface area contributed by atoms with Crippen LogP contribution in [0.25, 0.3) is 0 Å². The predicted molar refractivity (Wildman–Crippen MR) is 122 cm³/mol. The Balaban J connectivity index is 1.67. The number of alkyl halides is 12. The zero-order chi connectivity index (χ0) is 32.6. The molecule has 0 spiro atoms. The van der Waals surface area contributed by atoms with Gasteiger partial charge in [-0.3, -0.25) is 0 Å². The molecule has 0 radical (unpaired) electrons. The molecule has 0 saturated carbocycles. The minimum absolute atomic E-state index is 0.100. The molecular formula is C22H17F12N3O4S2. The number of hydrogen-bond acceptors (Lipinski definition) is 4. The van der Waals surface area contributed by atoms with E-state index in [0.717, 1.165) is 16.3 Å². The fourth-order valence-corrected chi connectivity index (χ4v) is 8.15. The molecule has 1 N–H and O–H groups in total. The van der Waals surface area contributed by atoms with Gasteiger partial charge in [-0.1, -0.05) is 16.3 Å². The average molecular weight is 680 g/mol. The van der Waals surface area contributed by atoms with Gasteiger partial charge in [0.2, 0.25) is 0 Å². The molecule has 0 unspecified atom stereocenters. The van der Waals surface area contributed by atoms with Crippen molar-refractivity contribution in [3.63, 3.8) is 0 Å². The minimum Gasteiger partial charge on any atom is -0.194 e. The molecule has 240 valence electrons. The van der Waals surface area contributed by atoms with Gasteiger partial charge >= 0.3 is 24.7 Å². The van der Waals surface area contributed by atoms with Gasteiger partial charge in [0.25, 0.3) is 20.4 Å². The normalized spacial score (nSPS) is 18.0. The maximum absolute atomic E-state index is 13.7.